The standard InChI is InChI=1S/C30H34BrN3O4S/c1-39(37,38)34(27-18-16-25(31)17-19-27)22-29(35)33(21-24-12-6-3-7-13-24)28(20-23-10-4-2-5-11-23)30(36)32-26-14-8-9-15-26/h2-7,10-13,16-19,26,28H,8-9,14-15,20-22H2,1H3,(H,32,36)/t28-/m0/s1. The highest BCUT2D eigenvalue weighted by atomic mass is 79.9. The van der Waals surface area contributed by atoms with Gasteiger partial charge in [0.25, 0.3) is 0 Å². The summed E-state index contributed by atoms with van der Waals surface area (Å²) in [6, 6.07) is 25.1. The van der Waals surface area contributed by atoms with Crippen LogP contribution in [0.2, 0.25) is 0 Å². The number of hydrogen-bond acceptors (Lipinski definition) is 4. The predicted octanol–water partition coefficient (Wildman–Crippen LogP) is 4.91. The molecule has 1 atom stereocenters. The number of halogens is 1. The predicted molar refractivity (Wildman–Crippen MR) is 158 cm³/mol. The molecule has 7 nitrogen and oxygen atoms in total. The highest BCUT2D eigenvalue weighted by Crippen LogP contribution is 2.23. The lowest BCUT2D eigenvalue weighted by atomic mass is 10.0. The average Bonchev–Trinajstić information content (AvgIpc) is 3.43. The van der Waals surface area contributed by atoms with Gasteiger partial charge in [-0.1, -0.05) is 89.4 Å². The Morgan fingerprint density at radius 1 is 0.897 bits per heavy atom. The fourth-order valence-electron chi connectivity index (χ4n) is 4.92. The maximum absolute atomic E-state index is 14.0. The summed E-state index contributed by atoms with van der Waals surface area (Å²) >= 11 is 3.37. The molecule has 1 fully saturated rings. The van der Waals surface area contributed by atoms with Gasteiger partial charge < -0.3 is 10.2 Å². The van der Waals surface area contributed by atoms with Gasteiger partial charge in [-0.05, 0) is 48.2 Å². The van der Waals surface area contributed by atoms with Gasteiger partial charge >= 0.3 is 0 Å². The van der Waals surface area contributed by atoms with E-state index >= 15 is 0 Å². The van der Waals surface area contributed by atoms with Crippen molar-refractivity contribution in [2.75, 3.05) is 17.1 Å². The van der Waals surface area contributed by atoms with Gasteiger partial charge in [0.05, 0.1) is 11.9 Å². The third kappa shape index (κ3) is 8.16. The molecule has 1 aliphatic carbocycles. The van der Waals surface area contributed by atoms with E-state index in [0.717, 1.165) is 51.8 Å². The van der Waals surface area contributed by atoms with Crippen LogP contribution < -0.4 is 9.62 Å². The molecule has 3 aromatic rings. The van der Waals surface area contributed by atoms with Gasteiger partial charge in [0.15, 0.2) is 0 Å². The molecule has 39 heavy (non-hydrogen) atoms. The van der Waals surface area contributed by atoms with Crippen molar-refractivity contribution in [1.82, 2.24) is 10.2 Å². The van der Waals surface area contributed by atoms with Crippen molar-refractivity contribution in [1.29, 1.82) is 0 Å². The summed E-state index contributed by atoms with van der Waals surface area (Å²) in [7, 11) is -3.79. The molecule has 0 bridgehead atoms. The average molecular weight is 613 g/mol. The van der Waals surface area contributed by atoms with Gasteiger partial charge in [0, 0.05) is 23.5 Å². The molecule has 1 aliphatic rings. The first-order chi connectivity index (χ1) is 18.7. The van der Waals surface area contributed by atoms with E-state index in [2.05, 4.69) is 21.2 Å². The first kappa shape index (κ1) is 28.8. The minimum Gasteiger partial charge on any atom is -0.352 e. The van der Waals surface area contributed by atoms with Gasteiger partial charge in [-0.3, -0.25) is 13.9 Å². The quantitative estimate of drug-likeness (QED) is 0.334. The second kappa shape index (κ2) is 13.3. The smallest absolute Gasteiger partial charge is 0.244 e. The third-order valence-corrected chi connectivity index (χ3v) is 8.63. The van der Waals surface area contributed by atoms with E-state index in [0.29, 0.717) is 12.1 Å². The van der Waals surface area contributed by atoms with Crippen LogP contribution in [0.3, 0.4) is 0 Å². The molecule has 0 radical (unpaired) electrons. The molecule has 1 saturated carbocycles. The highest BCUT2D eigenvalue weighted by molar-refractivity contribution is 9.10. The number of hydrogen-bond donors (Lipinski definition) is 1. The Balaban J connectivity index is 1.70. The summed E-state index contributed by atoms with van der Waals surface area (Å²) in [5.41, 5.74) is 2.15. The number of amides is 2. The molecular weight excluding hydrogens is 578 g/mol. The Morgan fingerprint density at radius 3 is 2.03 bits per heavy atom. The van der Waals surface area contributed by atoms with Crippen LogP contribution in [0.5, 0.6) is 0 Å². The monoisotopic (exact) mass is 611 g/mol. The lowest BCUT2D eigenvalue weighted by molar-refractivity contribution is -0.140. The van der Waals surface area contributed by atoms with Crippen molar-refractivity contribution in [2.24, 2.45) is 0 Å². The first-order valence-electron chi connectivity index (χ1n) is 13.1. The molecule has 3 aromatic carbocycles. The number of rotatable bonds is 11. The minimum absolute atomic E-state index is 0.0831. The normalized spacial score (nSPS) is 14.5. The largest absolute Gasteiger partial charge is 0.352 e. The van der Waals surface area contributed by atoms with Gasteiger partial charge in [-0.15, -0.1) is 0 Å². The van der Waals surface area contributed by atoms with E-state index in [-0.39, 0.29) is 18.5 Å². The van der Waals surface area contributed by atoms with E-state index in [1.165, 1.54) is 4.90 Å². The Labute approximate surface area is 239 Å². The van der Waals surface area contributed by atoms with Crippen molar-refractivity contribution in [3.05, 3.63) is 101 Å². The molecule has 0 aliphatic heterocycles. The van der Waals surface area contributed by atoms with Crippen LogP contribution in [-0.4, -0.2) is 50.0 Å². The fourth-order valence-corrected chi connectivity index (χ4v) is 6.04. The Hall–Kier alpha value is -3.17. The SMILES string of the molecule is CS(=O)(=O)N(CC(=O)N(Cc1ccccc1)[C@@H](Cc1ccccc1)C(=O)NC1CCCC1)c1ccc(Br)cc1. The van der Waals surface area contributed by atoms with Crippen LogP contribution in [-0.2, 0) is 32.6 Å². The van der Waals surface area contributed by atoms with Crippen molar-refractivity contribution in [3.8, 4) is 0 Å². The molecule has 0 spiro atoms. The first-order valence-corrected chi connectivity index (χ1v) is 15.8. The molecule has 0 saturated heterocycles. The van der Waals surface area contributed by atoms with Gasteiger partial charge in [0.1, 0.15) is 12.6 Å². The van der Waals surface area contributed by atoms with Gasteiger partial charge in [-0.2, -0.15) is 0 Å². The Bertz CT molecular complexity index is 1350. The molecule has 0 aromatic heterocycles. The zero-order valence-electron chi connectivity index (χ0n) is 22.0. The zero-order chi connectivity index (χ0) is 27.8. The molecule has 0 heterocycles. The number of nitrogens with one attached hydrogen (secondary N) is 1. The molecule has 9 heteroatoms. The second-order valence-electron chi connectivity index (χ2n) is 9.95. The van der Waals surface area contributed by atoms with Crippen molar-refractivity contribution in [2.45, 2.75) is 50.7 Å². The van der Waals surface area contributed by atoms with Gasteiger partial charge in [0.2, 0.25) is 21.8 Å². The third-order valence-electron chi connectivity index (χ3n) is 6.96. The highest BCUT2D eigenvalue weighted by Gasteiger charge is 2.34. The topological polar surface area (TPSA) is 86.8 Å². The van der Waals surface area contributed by atoms with Gasteiger partial charge in [-0.25, -0.2) is 8.42 Å². The van der Waals surface area contributed by atoms with Crippen LogP contribution >= 0.6 is 15.9 Å². The summed E-state index contributed by atoms with van der Waals surface area (Å²) in [4.78, 5) is 29.4. The van der Waals surface area contributed by atoms with Crippen molar-refractivity contribution in [3.63, 3.8) is 0 Å². The number of anilines is 1. The second-order valence-corrected chi connectivity index (χ2v) is 12.8. The van der Waals surface area contributed by atoms with Crippen LogP contribution in [0, 0.1) is 0 Å². The Kier molecular flexibility index (Phi) is 9.80. The Morgan fingerprint density at radius 2 is 1.46 bits per heavy atom. The van der Waals surface area contributed by atoms with E-state index in [1.54, 1.807) is 24.3 Å². The van der Waals surface area contributed by atoms with Crippen molar-refractivity contribution >= 4 is 43.5 Å². The molecule has 206 valence electrons. The van der Waals surface area contributed by atoms with E-state index < -0.39 is 28.5 Å². The lowest BCUT2D eigenvalue weighted by Crippen LogP contribution is -2.54. The summed E-state index contributed by atoms with van der Waals surface area (Å²) in [6.07, 6.45) is 5.37. The zero-order valence-corrected chi connectivity index (χ0v) is 24.4. The fraction of sp³-hybridized carbons (Fsp3) is 0.333. The molecule has 1 N–H and O–H groups in total. The number of nitrogens with zero attached hydrogens (tertiary/aromatic N) is 2. The number of carbonyl (C=O) groups is 2. The molecule has 4 rings (SSSR count). The van der Waals surface area contributed by atoms with E-state index in [4.69, 9.17) is 0 Å². The summed E-state index contributed by atoms with van der Waals surface area (Å²) < 4.78 is 27.5. The maximum atomic E-state index is 14.0. The number of sulfonamides is 1. The van der Waals surface area contributed by atoms with Crippen LogP contribution in [0.1, 0.15) is 36.8 Å². The summed E-state index contributed by atoms with van der Waals surface area (Å²) in [5.74, 6) is -0.667. The molecule has 2 amide bonds. The summed E-state index contributed by atoms with van der Waals surface area (Å²) in [5, 5.41) is 3.17. The lowest BCUT2D eigenvalue weighted by Gasteiger charge is -2.34. The number of carbonyl (C=O) groups excluding carboxylic acids is 2. The van der Waals surface area contributed by atoms with E-state index in [1.807, 2.05) is 60.7 Å². The summed E-state index contributed by atoms with van der Waals surface area (Å²) in [6.45, 7) is -0.248. The van der Waals surface area contributed by atoms with Crippen molar-refractivity contribution < 1.29 is 18.0 Å². The van der Waals surface area contributed by atoms with Crippen LogP contribution in [0.25, 0.3) is 0 Å². The minimum atomic E-state index is -3.79. The van der Waals surface area contributed by atoms with Crippen LogP contribution in [0.15, 0.2) is 89.4 Å². The molecule has 0 unspecified atom stereocenters. The number of benzene rings is 3. The van der Waals surface area contributed by atoms with Crippen LogP contribution in [0.4, 0.5) is 5.69 Å². The molecular formula is C30H34BrN3O4S. The van der Waals surface area contributed by atoms with E-state index in [9.17, 15) is 18.0 Å². The maximum Gasteiger partial charge on any atom is 0.244 e.